The zero-order valence-electron chi connectivity index (χ0n) is 12.9. The Kier molecular flexibility index (Phi) is 4.37. The smallest absolute Gasteiger partial charge is 0.263 e. The second kappa shape index (κ2) is 6.33. The predicted molar refractivity (Wildman–Crippen MR) is 84.1 cm³/mol. The number of rotatable bonds is 5. The molecule has 1 aromatic rings. The fourth-order valence-electron chi connectivity index (χ4n) is 2.81. The molecular formula is C15H17N3O5S. The highest BCUT2D eigenvalue weighted by molar-refractivity contribution is 7.89. The molecule has 0 N–H and O–H groups in total. The van der Waals surface area contributed by atoms with Crippen molar-refractivity contribution >= 4 is 27.9 Å². The number of carbonyl (C=O) groups excluding carboxylic acids is 3. The summed E-state index contributed by atoms with van der Waals surface area (Å²) in [6.07, 6.45) is 0.531. The maximum atomic E-state index is 12.3. The SMILES string of the molecule is O=C1C(=O)N(Cc2ccccc2)C(=O)N1CCN1CCCS1(=O)=O. The second-order valence-corrected chi connectivity index (χ2v) is 7.77. The number of nitrogens with zero attached hydrogens (tertiary/aromatic N) is 3. The number of imide groups is 2. The average Bonchev–Trinajstić information content (AvgIpc) is 2.99. The van der Waals surface area contributed by atoms with Crippen molar-refractivity contribution in [1.29, 1.82) is 0 Å². The van der Waals surface area contributed by atoms with Gasteiger partial charge in [0.05, 0.1) is 12.3 Å². The minimum absolute atomic E-state index is 0.0166. The van der Waals surface area contributed by atoms with Crippen molar-refractivity contribution in [3.05, 3.63) is 35.9 Å². The van der Waals surface area contributed by atoms with E-state index < -0.39 is 27.9 Å². The molecule has 1 aromatic carbocycles. The molecule has 2 fully saturated rings. The lowest BCUT2D eigenvalue weighted by Crippen LogP contribution is -2.40. The minimum atomic E-state index is -3.30. The van der Waals surface area contributed by atoms with Crippen LogP contribution in [0.15, 0.2) is 30.3 Å². The lowest BCUT2D eigenvalue weighted by atomic mass is 10.2. The molecule has 0 aromatic heterocycles. The van der Waals surface area contributed by atoms with Crippen LogP contribution < -0.4 is 0 Å². The largest absolute Gasteiger partial charge is 0.334 e. The Balaban J connectivity index is 1.68. The van der Waals surface area contributed by atoms with Gasteiger partial charge in [-0.3, -0.25) is 19.4 Å². The number of carbonyl (C=O) groups is 3. The van der Waals surface area contributed by atoms with Crippen molar-refractivity contribution in [3.63, 3.8) is 0 Å². The van der Waals surface area contributed by atoms with Gasteiger partial charge in [-0.25, -0.2) is 17.5 Å². The summed E-state index contributed by atoms with van der Waals surface area (Å²) in [6.45, 7) is 0.295. The first-order valence-electron chi connectivity index (χ1n) is 7.59. The molecule has 2 saturated heterocycles. The summed E-state index contributed by atoms with van der Waals surface area (Å²) in [5.74, 6) is -1.71. The number of hydrogen-bond acceptors (Lipinski definition) is 5. The zero-order valence-corrected chi connectivity index (χ0v) is 13.7. The molecule has 0 spiro atoms. The molecule has 0 saturated carbocycles. The van der Waals surface area contributed by atoms with E-state index in [4.69, 9.17) is 0 Å². The Hall–Kier alpha value is -2.26. The summed E-state index contributed by atoms with van der Waals surface area (Å²) in [6, 6.07) is 8.17. The highest BCUT2D eigenvalue weighted by Gasteiger charge is 2.44. The summed E-state index contributed by atoms with van der Waals surface area (Å²) < 4.78 is 24.8. The fraction of sp³-hybridized carbons (Fsp3) is 0.400. The van der Waals surface area contributed by atoms with Crippen LogP contribution in [0.3, 0.4) is 0 Å². The van der Waals surface area contributed by atoms with Gasteiger partial charge in [0.2, 0.25) is 10.0 Å². The molecule has 8 nitrogen and oxygen atoms in total. The minimum Gasteiger partial charge on any atom is -0.263 e. The van der Waals surface area contributed by atoms with E-state index in [1.54, 1.807) is 24.3 Å². The summed E-state index contributed by atoms with van der Waals surface area (Å²) in [5, 5.41) is 0. The van der Waals surface area contributed by atoms with Crippen LogP contribution in [-0.4, -0.2) is 65.8 Å². The average molecular weight is 351 g/mol. The summed E-state index contributed by atoms with van der Waals surface area (Å²) in [7, 11) is -3.30. The normalized spacial score (nSPS) is 21.1. The van der Waals surface area contributed by atoms with Crippen LogP contribution in [0.25, 0.3) is 0 Å². The number of benzene rings is 1. The Morgan fingerprint density at radius 2 is 1.58 bits per heavy atom. The molecule has 2 aliphatic rings. The summed E-state index contributed by atoms with van der Waals surface area (Å²) in [4.78, 5) is 38.1. The summed E-state index contributed by atoms with van der Waals surface area (Å²) in [5.41, 5.74) is 0.732. The van der Waals surface area contributed by atoms with E-state index >= 15 is 0 Å². The number of sulfonamides is 1. The van der Waals surface area contributed by atoms with Crippen LogP contribution in [0.5, 0.6) is 0 Å². The van der Waals surface area contributed by atoms with Crippen LogP contribution in [0.4, 0.5) is 4.79 Å². The van der Waals surface area contributed by atoms with Crippen LogP contribution in [0.2, 0.25) is 0 Å². The monoisotopic (exact) mass is 351 g/mol. The molecule has 0 atom stereocenters. The molecule has 9 heteroatoms. The molecule has 2 heterocycles. The van der Waals surface area contributed by atoms with Gasteiger partial charge in [0.15, 0.2) is 0 Å². The molecule has 4 amide bonds. The molecule has 3 rings (SSSR count). The maximum Gasteiger partial charge on any atom is 0.334 e. The molecule has 0 bridgehead atoms. The highest BCUT2D eigenvalue weighted by atomic mass is 32.2. The number of hydrogen-bond donors (Lipinski definition) is 0. The van der Waals surface area contributed by atoms with Crippen molar-refractivity contribution in [2.24, 2.45) is 0 Å². The van der Waals surface area contributed by atoms with Gasteiger partial charge < -0.3 is 0 Å². The second-order valence-electron chi connectivity index (χ2n) is 5.68. The summed E-state index contributed by atoms with van der Waals surface area (Å²) >= 11 is 0. The van der Waals surface area contributed by atoms with E-state index in [0.29, 0.717) is 13.0 Å². The third kappa shape index (κ3) is 3.04. The van der Waals surface area contributed by atoms with E-state index in [0.717, 1.165) is 15.4 Å². The standard InChI is InChI=1S/C15H17N3O5S/c19-13-14(20)18(11-12-5-2-1-3-6-12)15(21)17(13)9-8-16-7-4-10-24(16,22)23/h1-3,5-6H,4,7-11H2. The molecule has 0 unspecified atom stereocenters. The van der Waals surface area contributed by atoms with Gasteiger partial charge in [0.25, 0.3) is 0 Å². The van der Waals surface area contributed by atoms with Crippen molar-refractivity contribution in [1.82, 2.24) is 14.1 Å². The third-order valence-electron chi connectivity index (χ3n) is 4.09. The Morgan fingerprint density at radius 1 is 0.917 bits per heavy atom. The number of amides is 4. The molecule has 24 heavy (non-hydrogen) atoms. The Morgan fingerprint density at radius 3 is 2.21 bits per heavy atom. The van der Waals surface area contributed by atoms with Crippen LogP contribution in [0, 0.1) is 0 Å². The topological polar surface area (TPSA) is 95.1 Å². The van der Waals surface area contributed by atoms with Gasteiger partial charge >= 0.3 is 17.8 Å². The molecular weight excluding hydrogens is 334 g/mol. The van der Waals surface area contributed by atoms with E-state index in [9.17, 15) is 22.8 Å². The van der Waals surface area contributed by atoms with Gasteiger partial charge in [-0.2, -0.15) is 0 Å². The highest BCUT2D eigenvalue weighted by Crippen LogP contribution is 2.18. The lowest BCUT2D eigenvalue weighted by Gasteiger charge is -2.19. The van der Waals surface area contributed by atoms with E-state index in [2.05, 4.69) is 0 Å². The first kappa shape index (κ1) is 16.6. The first-order chi connectivity index (χ1) is 11.4. The van der Waals surface area contributed by atoms with Crippen molar-refractivity contribution < 1.29 is 22.8 Å². The van der Waals surface area contributed by atoms with E-state index in [-0.39, 0.29) is 25.4 Å². The maximum absolute atomic E-state index is 12.3. The third-order valence-corrected chi connectivity index (χ3v) is 6.05. The lowest BCUT2D eigenvalue weighted by molar-refractivity contribution is -0.143. The molecule has 128 valence electrons. The predicted octanol–water partition coefficient (Wildman–Crippen LogP) is 0.0129. The van der Waals surface area contributed by atoms with E-state index in [1.807, 2.05) is 6.07 Å². The first-order valence-corrected chi connectivity index (χ1v) is 9.20. The molecule has 0 radical (unpaired) electrons. The fourth-order valence-corrected chi connectivity index (χ4v) is 4.33. The zero-order chi connectivity index (χ0) is 17.3. The quantitative estimate of drug-likeness (QED) is 0.550. The van der Waals surface area contributed by atoms with Gasteiger partial charge in [-0.05, 0) is 12.0 Å². The van der Waals surface area contributed by atoms with Crippen molar-refractivity contribution in [3.8, 4) is 0 Å². The van der Waals surface area contributed by atoms with Gasteiger partial charge in [0, 0.05) is 19.6 Å². The van der Waals surface area contributed by atoms with Crippen LogP contribution in [-0.2, 0) is 26.2 Å². The number of urea groups is 1. The van der Waals surface area contributed by atoms with Gasteiger partial charge in [0.1, 0.15) is 0 Å². The van der Waals surface area contributed by atoms with Gasteiger partial charge in [-0.15, -0.1) is 0 Å². The van der Waals surface area contributed by atoms with E-state index in [1.165, 1.54) is 4.31 Å². The molecule has 0 aliphatic carbocycles. The van der Waals surface area contributed by atoms with Crippen LogP contribution >= 0.6 is 0 Å². The molecule has 2 aliphatic heterocycles. The Labute approximate surface area is 139 Å². The van der Waals surface area contributed by atoms with Crippen molar-refractivity contribution in [2.75, 3.05) is 25.4 Å². The van der Waals surface area contributed by atoms with Gasteiger partial charge in [-0.1, -0.05) is 30.3 Å². The van der Waals surface area contributed by atoms with Crippen molar-refractivity contribution in [2.45, 2.75) is 13.0 Å². The van der Waals surface area contributed by atoms with Crippen LogP contribution in [0.1, 0.15) is 12.0 Å². The Bertz CT molecular complexity index is 778.